The van der Waals surface area contributed by atoms with Gasteiger partial charge in [0.05, 0.1) is 0 Å². The molecule has 1 aliphatic rings. The quantitative estimate of drug-likeness (QED) is 0.161. The number of unbranched alkanes of at least 4 members (excludes halogenated alkanes) is 3. The minimum absolute atomic E-state index is 0.0822. The zero-order valence-electron chi connectivity index (χ0n) is 22.9. The lowest BCUT2D eigenvalue weighted by atomic mass is 9.59. The summed E-state index contributed by atoms with van der Waals surface area (Å²) < 4.78 is 0. The van der Waals surface area contributed by atoms with Gasteiger partial charge in [0.25, 0.3) is 0 Å². The first-order chi connectivity index (χ1) is 15.8. The number of amides is 1. The molecule has 0 radical (unpaired) electrons. The van der Waals surface area contributed by atoms with Crippen molar-refractivity contribution < 1.29 is 4.79 Å². The first-order valence-electron chi connectivity index (χ1n) is 14.1. The molecule has 1 saturated carbocycles. The van der Waals surface area contributed by atoms with Crippen LogP contribution in [0.25, 0.3) is 0 Å². The van der Waals surface area contributed by atoms with Gasteiger partial charge in [0.15, 0.2) is 0 Å². The van der Waals surface area contributed by atoms with Crippen LogP contribution in [0.1, 0.15) is 131 Å². The lowest BCUT2D eigenvalue weighted by molar-refractivity contribution is -0.127. The first kappa shape index (κ1) is 29.7. The molecule has 0 bridgehead atoms. The van der Waals surface area contributed by atoms with Crippen molar-refractivity contribution in [3.8, 4) is 0 Å². The second kappa shape index (κ2) is 17.2. The third-order valence-corrected chi connectivity index (χ3v) is 7.15. The fourth-order valence-corrected chi connectivity index (χ4v) is 5.19. The van der Waals surface area contributed by atoms with Gasteiger partial charge in [-0.2, -0.15) is 0 Å². The highest BCUT2D eigenvalue weighted by molar-refractivity contribution is 5.78. The summed E-state index contributed by atoms with van der Waals surface area (Å²) in [5, 5.41) is 3.33. The summed E-state index contributed by atoms with van der Waals surface area (Å²) >= 11 is 0. The van der Waals surface area contributed by atoms with E-state index in [1.54, 1.807) is 5.57 Å². The van der Waals surface area contributed by atoms with Gasteiger partial charge >= 0.3 is 0 Å². The van der Waals surface area contributed by atoms with Gasteiger partial charge in [0.1, 0.15) is 0 Å². The Labute approximate surface area is 206 Å². The largest absolute Gasteiger partial charge is 0.353 e. The number of carbonyl (C=O) groups is 1. The van der Waals surface area contributed by atoms with Crippen LogP contribution in [0.15, 0.2) is 36.0 Å². The van der Waals surface area contributed by atoms with Gasteiger partial charge in [-0.25, -0.2) is 0 Å². The van der Waals surface area contributed by atoms with Crippen molar-refractivity contribution in [2.45, 2.75) is 137 Å². The third kappa shape index (κ3) is 12.1. The Kier molecular flexibility index (Phi) is 15.5. The van der Waals surface area contributed by atoms with E-state index in [4.69, 9.17) is 0 Å². The van der Waals surface area contributed by atoms with E-state index in [0.29, 0.717) is 11.5 Å². The molecular formula is C31H55NO. The van der Waals surface area contributed by atoms with Crippen molar-refractivity contribution in [3.63, 3.8) is 0 Å². The maximum Gasteiger partial charge on any atom is 0.222 e. The number of nitrogens with one attached hydrogen (secondary N) is 1. The van der Waals surface area contributed by atoms with E-state index in [1.165, 1.54) is 77.0 Å². The monoisotopic (exact) mass is 457 g/mol. The maximum absolute atomic E-state index is 12.2. The van der Waals surface area contributed by atoms with Crippen LogP contribution < -0.4 is 5.32 Å². The Balaban J connectivity index is 2.22. The van der Waals surface area contributed by atoms with E-state index in [2.05, 4.69) is 63.4 Å². The summed E-state index contributed by atoms with van der Waals surface area (Å²) in [5.74, 6) is 1.07. The van der Waals surface area contributed by atoms with Crippen LogP contribution in [0.3, 0.4) is 0 Å². The SMILES string of the molecule is CCC/C(=C\CC/C=C/CCC/C=C/CCC1(CCC)CCC1NC(=O)C(C)C)CC(C)C. The Morgan fingerprint density at radius 1 is 0.909 bits per heavy atom. The van der Waals surface area contributed by atoms with Crippen LogP contribution in [0.2, 0.25) is 0 Å². The van der Waals surface area contributed by atoms with Gasteiger partial charge < -0.3 is 5.32 Å². The van der Waals surface area contributed by atoms with Gasteiger partial charge in [-0.05, 0) is 88.4 Å². The van der Waals surface area contributed by atoms with Crippen molar-refractivity contribution >= 4 is 5.91 Å². The van der Waals surface area contributed by atoms with E-state index in [9.17, 15) is 4.79 Å². The molecule has 2 nitrogen and oxygen atoms in total. The second-order valence-electron chi connectivity index (χ2n) is 11.1. The standard InChI is InChI=1S/C31H55NO/c1-7-19-28(25-26(3)4)20-17-15-13-11-9-10-12-14-16-18-23-31(22-8-2)24-21-29(31)32-30(33)27(5)6/h11,13-14,16,20,26-27,29H,7-10,12,15,17-19,21-25H2,1-6H3,(H,32,33)/b13-11+,16-14+,28-20+. The normalized spacial score (nSPS) is 21.5. The maximum atomic E-state index is 12.2. The van der Waals surface area contributed by atoms with Crippen LogP contribution in [-0.2, 0) is 4.79 Å². The summed E-state index contributed by atoms with van der Waals surface area (Å²) in [6, 6.07) is 0.393. The van der Waals surface area contributed by atoms with Gasteiger partial charge in [-0.3, -0.25) is 4.79 Å². The number of hydrogen-bond acceptors (Lipinski definition) is 1. The molecule has 1 rings (SSSR count). The van der Waals surface area contributed by atoms with E-state index in [0.717, 1.165) is 18.8 Å². The van der Waals surface area contributed by atoms with Crippen molar-refractivity contribution in [1.82, 2.24) is 5.32 Å². The molecule has 33 heavy (non-hydrogen) atoms. The minimum atomic E-state index is 0.0822. The molecule has 0 aromatic heterocycles. The van der Waals surface area contributed by atoms with Crippen molar-refractivity contribution in [3.05, 3.63) is 36.0 Å². The minimum Gasteiger partial charge on any atom is -0.353 e. The highest BCUT2D eigenvalue weighted by Gasteiger charge is 2.45. The van der Waals surface area contributed by atoms with E-state index in [-0.39, 0.29) is 11.8 Å². The molecule has 0 heterocycles. The summed E-state index contributed by atoms with van der Waals surface area (Å²) in [6.45, 7) is 13.2. The Bertz CT molecular complexity index is 612. The third-order valence-electron chi connectivity index (χ3n) is 7.15. The smallest absolute Gasteiger partial charge is 0.222 e. The highest BCUT2D eigenvalue weighted by Crippen LogP contribution is 2.48. The second-order valence-corrected chi connectivity index (χ2v) is 11.1. The molecule has 190 valence electrons. The summed E-state index contributed by atoms with van der Waals surface area (Å²) in [4.78, 5) is 12.2. The summed E-state index contributed by atoms with van der Waals surface area (Å²) in [5.41, 5.74) is 2.00. The molecule has 1 N–H and O–H groups in total. The van der Waals surface area contributed by atoms with E-state index >= 15 is 0 Å². The molecule has 0 aromatic carbocycles. The van der Waals surface area contributed by atoms with Crippen LogP contribution >= 0.6 is 0 Å². The predicted molar refractivity (Wildman–Crippen MR) is 146 cm³/mol. The summed E-state index contributed by atoms with van der Waals surface area (Å²) in [7, 11) is 0. The highest BCUT2D eigenvalue weighted by atomic mass is 16.1. The molecule has 2 unspecified atom stereocenters. The molecule has 0 aromatic rings. The van der Waals surface area contributed by atoms with Crippen LogP contribution in [-0.4, -0.2) is 11.9 Å². The van der Waals surface area contributed by atoms with Gasteiger partial charge in [0, 0.05) is 12.0 Å². The van der Waals surface area contributed by atoms with Crippen LogP contribution in [0.5, 0.6) is 0 Å². The zero-order chi connectivity index (χ0) is 24.5. The van der Waals surface area contributed by atoms with E-state index in [1.807, 2.05) is 13.8 Å². The molecule has 2 atom stereocenters. The van der Waals surface area contributed by atoms with Crippen molar-refractivity contribution in [2.24, 2.45) is 17.3 Å². The van der Waals surface area contributed by atoms with Gasteiger partial charge in [0.2, 0.25) is 5.91 Å². The Morgan fingerprint density at radius 3 is 2.12 bits per heavy atom. The van der Waals surface area contributed by atoms with Crippen LogP contribution in [0.4, 0.5) is 0 Å². The predicted octanol–water partition coefficient (Wildman–Crippen LogP) is 9.32. The van der Waals surface area contributed by atoms with E-state index < -0.39 is 0 Å². The molecule has 1 amide bonds. The topological polar surface area (TPSA) is 29.1 Å². The molecular weight excluding hydrogens is 402 g/mol. The lowest BCUT2D eigenvalue weighted by Gasteiger charge is -2.50. The van der Waals surface area contributed by atoms with Gasteiger partial charge in [-0.15, -0.1) is 0 Å². The average molecular weight is 458 g/mol. The molecule has 0 aliphatic heterocycles. The summed E-state index contributed by atoms with van der Waals surface area (Å²) in [6.07, 6.45) is 29.0. The number of rotatable bonds is 18. The molecule has 1 fully saturated rings. The molecule has 0 saturated heterocycles. The molecule has 2 heteroatoms. The molecule has 1 aliphatic carbocycles. The number of allylic oxidation sites excluding steroid dienone is 6. The number of carbonyl (C=O) groups excluding carboxylic acids is 1. The molecule has 0 spiro atoms. The zero-order valence-corrected chi connectivity index (χ0v) is 22.9. The Morgan fingerprint density at radius 2 is 1.58 bits per heavy atom. The van der Waals surface area contributed by atoms with Crippen molar-refractivity contribution in [1.29, 1.82) is 0 Å². The lowest BCUT2D eigenvalue weighted by Crippen LogP contribution is -2.55. The number of hydrogen-bond donors (Lipinski definition) is 1. The fraction of sp³-hybridized carbons (Fsp3) is 0.774. The van der Waals surface area contributed by atoms with Crippen LogP contribution in [0, 0.1) is 17.3 Å². The fourth-order valence-electron chi connectivity index (χ4n) is 5.19. The van der Waals surface area contributed by atoms with Gasteiger partial charge in [-0.1, -0.05) is 90.3 Å². The average Bonchev–Trinajstić information content (AvgIpc) is 2.75. The van der Waals surface area contributed by atoms with Crippen molar-refractivity contribution in [2.75, 3.05) is 0 Å². The first-order valence-corrected chi connectivity index (χ1v) is 14.1. The Hall–Kier alpha value is -1.31.